The lowest BCUT2D eigenvalue weighted by Gasteiger charge is -2.03. The average Bonchev–Trinajstić information content (AvgIpc) is 2.15. The van der Waals surface area contributed by atoms with Gasteiger partial charge in [-0.3, -0.25) is 10.1 Å². The Labute approximate surface area is 82.1 Å². The number of hydrogen-bond acceptors (Lipinski definition) is 5. The van der Waals surface area contributed by atoms with Gasteiger partial charge in [-0.1, -0.05) is 0 Å². The monoisotopic (exact) mass is 214 g/mol. The maximum Gasteiger partial charge on any atom is 0.314 e. The maximum atomic E-state index is 12.4. The van der Waals surface area contributed by atoms with Crippen molar-refractivity contribution in [2.45, 2.75) is 6.43 Å². The summed E-state index contributed by atoms with van der Waals surface area (Å²) in [6.45, 7) is 0. The van der Waals surface area contributed by atoms with Gasteiger partial charge in [-0.25, -0.2) is 13.8 Å². The molecule has 0 saturated heterocycles. The van der Waals surface area contributed by atoms with Crippen molar-refractivity contribution in [2.75, 3.05) is 5.73 Å². The number of halogens is 2. The van der Waals surface area contributed by atoms with E-state index in [0.717, 1.165) is 6.07 Å². The first-order valence-corrected chi connectivity index (χ1v) is 3.60. The lowest BCUT2D eigenvalue weighted by Crippen LogP contribution is -2.05. The Morgan fingerprint density at radius 1 is 1.67 bits per heavy atom. The Morgan fingerprint density at radius 2 is 2.27 bits per heavy atom. The van der Waals surface area contributed by atoms with Crippen LogP contribution in [0.4, 0.5) is 20.3 Å². The van der Waals surface area contributed by atoms with E-state index in [1.54, 1.807) is 0 Å². The Morgan fingerprint density at radius 3 is 2.67 bits per heavy atom. The minimum Gasteiger partial charge on any atom is -0.384 e. The molecule has 0 atom stereocenters. The van der Waals surface area contributed by atoms with E-state index in [1.165, 1.54) is 6.07 Å². The summed E-state index contributed by atoms with van der Waals surface area (Å²) in [5, 5.41) is 19.0. The van der Waals surface area contributed by atoms with E-state index < -0.39 is 28.3 Å². The van der Waals surface area contributed by atoms with Crippen LogP contribution in [0.25, 0.3) is 0 Å². The number of rotatable bonds is 2. The molecule has 0 amide bonds. The van der Waals surface area contributed by atoms with E-state index in [-0.39, 0.29) is 5.82 Å². The van der Waals surface area contributed by atoms with Crippen molar-refractivity contribution in [2.24, 2.45) is 0 Å². The third kappa shape index (κ3) is 1.96. The average molecular weight is 214 g/mol. The summed E-state index contributed by atoms with van der Waals surface area (Å²) < 4.78 is 24.7. The molecule has 15 heavy (non-hydrogen) atoms. The van der Waals surface area contributed by atoms with Crippen molar-refractivity contribution in [1.29, 1.82) is 5.26 Å². The molecule has 1 aromatic heterocycles. The number of nitrogen functional groups attached to an aromatic ring is 1. The van der Waals surface area contributed by atoms with Crippen molar-refractivity contribution in [3.63, 3.8) is 0 Å². The van der Waals surface area contributed by atoms with Crippen molar-refractivity contribution < 1.29 is 13.7 Å². The number of alkyl halides is 2. The van der Waals surface area contributed by atoms with Gasteiger partial charge in [0.25, 0.3) is 6.43 Å². The van der Waals surface area contributed by atoms with Gasteiger partial charge in [0, 0.05) is 6.07 Å². The van der Waals surface area contributed by atoms with Crippen LogP contribution in [-0.2, 0) is 0 Å². The first kappa shape index (κ1) is 10.8. The minimum absolute atomic E-state index is 0.354. The molecule has 0 spiro atoms. The summed E-state index contributed by atoms with van der Waals surface area (Å²) in [5.74, 6) is -0.354. The highest BCUT2D eigenvalue weighted by molar-refractivity contribution is 5.56. The Balaban J connectivity index is 3.56. The zero-order valence-electron chi connectivity index (χ0n) is 7.15. The highest BCUT2D eigenvalue weighted by Crippen LogP contribution is 2.30. The van der Waals surface area contributed by atoms with E-state index in [2.05, 4.69) is 4.98 Å². The highest BCUT2D eigenvalue weighted by atomic mass is 19.3. The third-order valence-electron chi connectivity index (χ3n) is 1.55. The molecule has 0 radical (unpaired) electrons. The van der Waals surface area contributed by atoms with Gasteiger partial charge in [0.15, 0.2) is 5.69 Å². The lowest BCUT2D eigenvalue weighted by molar-refractivity contribution is -0.386. The van der Waals surface area contributed by atoms with Crippen molar-refractivity contribution in [3.05, 3.63) is 27.4 Å². The molecule has 2 N–H and O–H groups in total. The minimum atomic E-state index is -3.15. The van der Waals surface area contributed by atoms with Gasteiger partial charge in [-0.2, -0.15) is 5.26 Å². The molecule has 1 aromatic rings. The van der Waals surface area contributed by atoms with E-state index >= 15 is 0 Å². The number of pyridine rings is 1. The molecule has 0 aliphatic carbocycles. The van der Waals surface area contributed by atoms with Gasteiger partial charge in [-0.05, 0) is 0 Å². The molecule has 0 fully saturated rings. The lowest BCUT2D eigenvalue weighted by atomic mass is 10.2. The number of anilines is 1. The molecule has 6 nitrogen and oxygen atoms in total. The van der Waals surface area contributed by atoms with Crippen LogP contribution in [0, 0.1) is 21.4 Å². The van der Waals surface area contributed by atoms with Crippen LogP contribution < -0.4 is 5.73 Å². The number of aromatic nitrogens is 1. The molecule has 0 bridgehead atoms. The van der Waals surface area contributed by atoms with Gasteiger partial charge in [-0.15, -0.1) is 0 Å². The number of hydrogen-bond donors (Lipinski definition) is 1. The summed E-state index contributed by atoms with van der Waals surface area (Å²) >= 11 is 0. The Bertz CT molecular complexity index is 455. The standard InChI is InChI=1S/C7H4F2N4O2/c8-7(9)5-6(13(14)15)3(2-10)1-4(11)12-5/h1,7H,(H2,11,12). The van der Waals surface area contributed by atoms with E-state index in [9.17, 15) is 18.9 Å². The summed E-state index contributed by atoms with van der Waals surface area (Å²) in [5.41, 5.74) is 2.51. The molecule has 0 aromatic carbocycles. The quantitative estimate of drug-likeness (QED) is 0.591. The zero-order chi connectivity index (χ0) is 11.6. The Kier molecular flexibility index (Phi) is 2.75. The van der Waals surface area contributed by atoms with Crippen LogP contribution in [0.15, 0.2) is 6.07 Å². The second-order valence-corrected chi connectivity index (χ2v) is 2.50. The first-order chi connectivity index (χ1) is 6.97. The van der Waals surface area contributed by atoms with Crippen molar-refractivity contribution >= 4 is 11.5 Å². The van der Waals surface area contributed by atoms with Crippen LogP contribution in [0.2, 0.25) is 0 Å². The van der Waals surface area contributed by atoms with Crippen molar-refractivity contribution in [3.8, 4) is 6.07 Å². The second kappa shape index (κ2) is 3.83. The van der Waals surface area contributed by atoms with Crippen LogP contribution in [-0.4, -0.2) is 9.91 Å². The van der Waals surface area contributed by atoms with E-state index in [4.69, 9.17) is 11.0 Å². The second-order valence-electron chi connectivity index (χ2n) is 2.50. The van der Waals surface area contributed by atoms with Crippen LogP contribution in [0.3, 0.4) is 0 Å². The number of nitriles is 1. The molecule has 0 saturated carbocycles. The topological polar surface area (TPSA) is 106 Å². The van der Waals surface area contributed by atoms with Crippen molar-refractivity contribution in [1.82, 2.24) is 4.98 Å². The molecule has 0 aliphatic rings. The summed E-state index contributed by atoms with van der Waals surface area (Å²) in [6, 6.07) is 2.30. The van der Waals surface area contributed by atoms with E-state index in [1.807, 2.05) is 0 Å². The molecule has 78 valence electrons. The third-order valence-corrected chi connectivity index (χ3v) is 1.55. The maximum absolute atomic E-state index is 12.4. The van der Waals surface area contributed by atoms with Gasteiger partial charge in [0.1, 0.15) is 17.5 Å². The fourth-order valence-electron chi connectivity index (χ4n) is 1.01. The predicted molar refractivity (Wildman–Crippen MR) is 45.0 cm³/mol. The first-order valence-electron chi connectivity index (χ1n) is 3.60. The fourth-order valence-corrected chi connectivity index (χ4v) is 1.01. The SMILES string of the molecule is N#Cc1cc(N)nc(C(F)F)c1[N+](=O)[O-]. The zero-order valence-corrected chi connectivity index (χ0v) is 7.15. The fraction of sp³-hybridized carbons (Fsp3) is 0.143. The van der Waals surface area contributed by atoms with E-state index in [0.29, 0.717) is 0 Å². The summed E-state index contributed by atoms with van der Waals surface area (Å²) in [6.07, 6.45) is -3.15. The summed E-state index contributed by atoms with van der Waals surface area (Å²) in [7, 11) is 0. The number of nitro groups is 1. The van der Waals surface area contributed by atoms with Gasteiger partial charge < -0.3 is 5.73 Å². The number of nitrogens with two attached hydrogens (primary N) is 1. The molecule has 1 heterocycles. The number of nitrogens with zero attached hydrogens (tertiary/aromatic N) is 3. The molecule has 0 unspecified atom stereocenters. The van der Waals surface area contributed by atoms with Crippen LogP contribution in [0.1, 0.15) is 17.7 Å². The Hall–Kier alpha value is -2.30. The predicted octanol–water partition coefficient (Wildman–Crippen LogP) is 1.38. The molecular weight excluding hydrogens is 210 g/mol. The van der Waals surface area contributed by atoms with Crippen LogP contribution in [0.5, 0.6) is 0 Å². The van der Waals surface area contributed by atoms with Gasteiger partial charge >= 0.3 is 5.69 Å². The van der Waals surface area contributed by atoms with Gasteiger partial charge in [0.2, 0.25) is 0 Å². The molecular formula is C7H4F2N4O2. The molecule has 0 aliphatic heterocycles. The normalized spacial score (nSPS) is 10.0. The molecule has 8 heteroatoms. The van der Waals surface area contributed by atoms with Crippen LogP contribution >= 0.6 is 0 Å². The highest BCUT2D eigenvalue weighted by Gasteiger charge is 2.28. The smallest absolute Gasteiger partial charge is 0.314 e. The molecule has 1 rings (SSSR count). The van der Waals surface area contributed by atoms with Gasteiger partial charge in [0.05, 0.1) is 4.92 Å². The largest absolute Gasteiger partial charge is 0.384 e. The summed E-state index contributed by atoms with van der Waals surface area (Å²) in [4.78, 5) is 12.5.